The molecule has 3 heterocycles. The Labute approximate surface area is 128 Å². The molecule has 0 radical (unpaired) electrons. The zero-order valence-corrected chi connectivity index (χ0v) is 12.8. The Kier molecular flexibility index (Phi) is 2.82. The largest absolute Gasteiger partial charge is 0.377 e. The number of rotatable bonds is 2. The fourth-order valence-corrected chi connectivity index (χ4v) is 4.74. The molecule has 4 heteroatoms. The van der Waals surface area contributed by atoms with Crippen LogP contribution in [0.4, 0.5) is 5.69 Å². The normalized spacial score (nSPS) is 30.4. The van der Waals surface area contributed by atoms with Crippen LogP contribution in [0.15, 0.2) is 41.1 Å². The second-order valence-electron chi connectivity index (χ2n) is 6.22. The number of thiophene rings is 1. The third-order valence-corrected chi connectivity index (χ3v) is 5.79. The number of anilines is 1. The topological polar surface area (TPSA) is 32.3 Å². The van der Waals surface area contributed by atoms with Gasteiger partial charge in [0.25, 0.3) is 0 Å². The van der Waals surface area contributed by atoms with Gasteiger partial charge in [-0.2, -0.15) is 11.3 Å². The molecule has 0 saturated carbocycles. The van der Waals surface area contributed by atoms with E-state index in [-0.39, 0.29) is 17.5 Å². The van der Waals surface area contributed by atoms with Crippen molar-refractivity contribution in [3.8, 4) is 0 Å². The smallest absolute Gasteiger partial charge is 0.210 e. The van der Waals surface area contributed by atoms with Crippen molar-refractivity contribution in [2.45, 2.75) is 25.4 Å². The van der Waals surface area contributed by atoms with Crippen molar-refractivity contribution in [1.29, 1.82) is 0 Å². The predicted octanol–water partition coefficient (Wildman–Crippen LogP) is 3.82. The first-order valence-electron chi connectivity index (χ1n) is 7.32. The van der Waals surface area contributed by atoms with Gasteiger partial charge in [-0.25, -0.2) is 0 Å². The summed E-state index contributed by atoms with van der Waals surface area (Å²) in [6.07, 6.45) is 2.04. The van der Waals surface area contributed by atoms with Crippen molar-refractivity contribution in [3.63, 3.8) is 0 Å². The quantitative estimate of drug-likeness (QED) is 0.855. The summed E-state index contributed by atoms with van der Waals surface area (Å²) in [5.41, 5.74) is 3.77. The second kappa shape index (κ2) is 4.60. The van der Waals surface area contributed by atoms with Crippen molar-refractivity contribution in [3.05, 3.63) is 52.2 Å². The van der Waals surface area contributed by atoms with Crippen LogP contribution in [-0.4, -0.2) is 17.9 Å². The van der Waals surface area contributed by atoms with Crippen LogP contribution in [0, 0.1) is 5.41 Å². The highest BCUT2D eigenvalue weighted by Gasteiger charge is 2.53. The Morgan fingerprint density at radius 3 is 3.00 bits per heavy atom. The molecule has 1 N–H and O–H groups in total. The molecule has 2 unspecified atom stereocenters. The summed E-state index contributed by atoms with van der Waals surface area (Å²) in [4.78, 5) is 13.5. The minimum absolute atomic E-state index is 0.0380. The van der Waals surface area contributed by atoms with Gasteiger partial charge in [-0.15, -0.1) is 0 Å². The molecule has 3 atom stereocenters. The number of benzene rings is 1. The molecule has 21 heavy (non-hydrogen) atoms. The van der Waals surface area contributed by atoms with Crippen molar-refractivity contribution in [1.82, 2.24) is 4.90 Å². The number of fused-ring (bicyclic) bond motifs is 3. The highest BCUT2D eigenvalue weighted by molar-refractivity contribution is 7.08. The summed E-state index contributed by atoms with van der Waals surface area (Å²) in [5, 5.41) is 8.07. The lowest BCUT2D eigenvalue weighted by Gasteiger charge is -2.46. The van der Waals surface area contributed by atoms with Crippen LogP contribution < -0.4 is 5.32 Å². The molecule has 3 nitrogen and oxygen atoms in total. The molecule has 1 aromatic heterocycles. The Hall–Kier alpha value is -1.81. The number of hydrogen-bond donors (Lipinski definition) is 1. The summed E-state index contributed by atoms with van der Waals surface area (Å²) in [5.74, 6) is 0. The lowest BCUT2D eigenvalue weighted by molar-refractivity contribution is -0.120. The first-order chi connectivity index (χ1) is 10.2. The van der Waals surface area contributed by atoms with Crippen molar-refractivity contribution in [2.75, 3.05) is 11.9 Å². The standard InChI is InChI=1S/C17H18N2OS/c1-17-7-8-19(11-20)16(17)13-4-2-3-5-14(13)18-15(17)12-6-9-21-10-12/h2-6,9-11,15-16,18H,7-8H2,1H3/t15?,16?,17-/m0/s1. The van der Waals surface area contributed by atoms with Gasteiger partial charge in [0.2, 0.25) is 6.41 Å². The van der Waals surface area contributed by atoms with Gasteiger partial charge in [-0.3, -0.25) is 4.79 Å². The number of nitrogens with zero attached hydrogens (tertiary/aromatic N) is 1. The number of carbonyl (C=O) groups is 1. The molecule has 2 aliphatic heterocycles. The lowest BCUT2D eigenvalue weighted by atomic mass is 9.68. The van der Waals surface area contributed by atoms with E-state index < -0.39 is 0 Å². The van der Waals surface area contributed by atoms with Gasteiger partial charge in [0.1, 0.15) is 0 Å². The number of carbonyl (C=O) groups excluding carboxylic acids is 1. The number of para-hydroxylation sites is 1. The minimum atomic E-state index is 0.0380. The molecular formula is C17H18N2OS. The van der Waals surface area contributed by atoms with Gasteiger partial charge in [0, 0.05) is 17.6 Å². The Morgan fingerprint density at radius 1 is 1.38 bits per heavy atom. The Bertz CT molecular complexity index is 669. The second-order valence-corrected chi connectivity index (χ2v) is 7.00. The molecule has 2 aliphatic rings. The monoisotopic (exact) mass is 298 g/mol. The van der Waals surface area contributed by atoms with Gasteiger partial charge >= 0.3 is 0 Å². The molecule has 1 amide bonds. The van der Waals surface area contributed by atoms with E-state index in [1.807, 2.05) is 4.90 Å². The van der Waals surface area contributed by atoms with Gasteiger partial charge in [-0.05, 0) is 40.4 Å². The number of likely N-dealkylation sites (tertiary alicyclic amines) is 1. The maximum Gasteiger partial charge on any atom is 0.210 e. The maximum atomic E-state index is 11.5. The van der Waals surface area contributed by atoms with Gasteiger partial charge < -0.3 is 10.2 Å². The summed E-state index contributed by atoms with van der Waals surface area (Å²) in [6.45, 7) is 3.15. The lowest BCUT2D eigenvalue weighted by Crippen LogP contribution is -2.41. The van der Waals surface area contributed by atoms with Gasteiger partial charge in [0.15, 0.2) is 0 Å². The summed E-state index contributed by atoms with van der Waals surface area (Å²) in [7, 11) is 0. The molecule has 0 spiro atoms. The van der Waals surface area contributed by atoms with Crippen LogP contribution in [0.25, 0.3) is 0 Å². The number of amides is 1. The zero-order valence-electron chi connectivity index (χ0n) is 12.0. The first-order valence-corrected chi connectivity index (χ1v) is 8.27. The van der Waals surface area contributed by atoms with E-state index in [1.54, 1.807) is 11.3 Å². The molecule has 0 bridgehead atoms. The van der Waals surface area contributed by atoms with Crippen molar-refractivity contribution >= 4 is 23.4 Å². The predicted molar refractivity (Wildman–Crippen MR) is 85.4 cm³/mol. The van der Waals surface area contributed by atoms with Crippen LogP contribution in [0.2, 0.25) is 0 Å². The first kappa shape index (κ1) is 12.9. The summed E-state index contributed by atoms with van der Waals surface area (Å²) in [6, 6.07) is 11.0. The van der Waals surface area contributed by atoms with E-state index in [2.05, 4.69) is 53.3 Å². The number of nitrogens with one attached hydrogen (secondary N) is 1. The fraction of sp³-hybridized carbons (Fsp3) is 0.353. The van der Waals surface area contributed by atoms with Gasteiger partial charge in [0.05, 0.1) is 12.1 Å². The summed E-state index contributed by atoms with van der Waals surface area (Å²) < 4.78 is 0. The molecule has 1 aromatic carbocycles. The maximum absolute atomic E-state index is 11.5. The molecule has 4 rings (SSSR count). The third kappa shape index (κ3) is 1.75. The van der Waals surface area contributed by atoms with Crippen LogP contribution in [0.3, 0.4) is 0 Å². The number of hydrogen-bond acceptors (Lipinski definition) is 3. The molecular weight excluding hydrogens is 280 g/mol. The van der Waals surface area contributed by atoms with E-state index >= 15 is 0 Å². The fourth-order valence-electron chi connectivity index (χ4n) is 4.05. The van der Waals surface area contributed by atoms with Crippen LogP contribution in [0.1, 0.15) is 36.6 Å². The Balaban J connectivity index is 1.89. The minimum Gasteiger partial charge on any atom is -0.377 e. The van der Waals surface area contributed by atoms with Gasteiger partial charge in [-0.1, -0.05) is 25.1 Å². The van der Waals surface area contributed by atoms with Crippen molar-refractivity contribution in [2.24, 2.45) is 5.41 Å². The zero-order chi connectivity index (χ0) is 14.4. The van der Waals surface area contributed by atoms with Crippen molar-refractivity contribution < 1.29 is 4.79 Å². The van der Waals surface area contributed by atoms with E-state index in [0.29, 0.717) is 0 Å². The third-order valence-electron chi connectivity index (χ3n) is 5.09. The van der Waals surface area contributed by atoms with Crippen LogP contribution in [0.5, 0.6) is 0 Å². The molecule has 2 aromatic rings. The molecule has 1 fully saturated rings. The SMILES string of the molecule is C[C@@]12CCN(C=O)C1c1ccccc1NC2c1ccsc1. The van der Waals surface area contributed by atoms with E-state index in [4.69, 9.17) is 0 Å². The average Bonchev–Trinajstić information content (AvgIpc) is 3.13. The molecule has 1 saturated heterocycles. The average molecular weight is 298 g/mol. The van der Waals surface area contributed by atoms with Crippen LogP contribution in [-0.2, 0) is 4.79 Å². The Morgan fingerprint density at radius 2 is 2.24 bits per heavy atom. The van der Waals surface area contributed by atoms with E-state index in [1.165, 1.54) is 11.1 Å². The molecule has 0 aliphatic carbocycles. The highest BCUT2D eigenvalue weighted by Crippen LogP contribution is 2.59. The molecule has 108 valence electrons. The van der Waals surface area contributed by atoms with E-state index in [9.17, 15) is 4.79 Å². The summed E-state index contributed by atoms with van der Waals surface area (Å²) >= 11 is 1.73. The highest BCUT2D eigenvalue weighted by atomic mass is 32.1. The van der Waals surface area contributed by atoms with Crippen LogP contribution >= 0.6 is 11.3 Å². The van der Waals surface area contributed by atoms with E-state index in [0.717, 1.165) is 25.1 Å².